The summed E-state index contributed by atoms with van der Waals surface area (Å²) in [6.07, 6.45) is 1.43. The number of carbonyl (C=O) groups excluding carboxylic acids is 1. The summed E-state index contributed by atoms with van der Waals surface area (Å²) >= 11 is 0. The van der Waals surface area contributed by atoms with Crippen LogP contribution in [0.4, 0.5) is 5.69 Å². The van der Waals surface area contributed by atoms with Crippen LogP contribution in [0.1, 0.15) is 11.1 Å². The molecule has 0 fully saturated rings. The van der Waals surface area contributed by atoms with Crippen LogP contribution in [0, 0.1) is 0 Å². The molecule has 170 valence electrons. The lowest BCUT2D eigenvalue weighted by Crippen LogP contribution is -2.40. The normalized spacial score (nSPS) is 12.2. The summed E-state index contributed by atoms with van der Waals surface area (Å²) in [5, 5.41) is 1.38. The zero-order valence-corrected chi connectivity index (χ0v) is 19.6. The zero-order valence-electron chi connectivity index (χ0n) is 18.7. The van der Waals surface area contributed by atoms with Crippen molar-refractivity contribution in [3.63, 3.8) is 0 Å². The van der Waals surface area contributed by atoms with E-state index < -0.39 is 15.9 Å². The van der Waals surface area contributed by atoms with Gasteiger partial charge >= 0.3 is 0 Å². The van der Waals surface area contributed by atoms with Gasteiger partial charge in [0.1, 0.15) is 0 Å². The number of hydrogen-bond acceptors (Lipinski definition) is 4. The second kappa shape index (κ2) is 8.44. The third-order valence-corrected chi connectivity index (χ3v) is 7.24. The number of hydrazine groups is 1. The summed E-state index contributed by atoms with van der Waals surface area (Å²) in [4.78, 5) is 17.1. The number of fused-ring (bicyclic) bond motifs is 4. The number of hydrogen-bond donors (Lipinski definition) is 2. The highest BCUT2D eigenvalue weighted by Gasteiger charge is 2.24. The Labute approximate surface area is 198 Å². The second-order valence-electron chi connectivity index (χ2n) is 8.27. The lowest BCUT2D eigenvalue weighted by Gasteiger charge is -2.17. The first-order valence-electron chi connectivity index (χ1n) is 10.8. The number of amides is 1. The molecule has 0 saturated heterocycles. The Morgan fingerprint density at radius 2 is 1.29 bits per heavy atom. The van der Waals surface area contributed by atoms with Gasteiger partial charge in [0.05, 0.1) is 4.90 Å². The Bertz CT molecular complexity index is 1530. The van der Waals surface area contributed by atoms with Crippen LogP contribution in [0.5, 0.6) is 0 Å². The molecule has 34 heavy (non-hydrogen) atoms. The molecule has 0 heterocycles. The molecule has 0 aromatic heterocycles. The first kappa shape index (κ1) is 21.9. The molecule has 0 bridgehead atoms. The van der Waals surface area contributed by atoms with Gasteiger partial charge in [0.15, 0.2) is 0 Å². The number of carbonyl (C=O) groups is 1. The maximum absolute atomic E-state index is 13.1. The fourth-order valence-corrected chi connectivity index (χ4v) is 5.50. The third kappa shape index (κ3) is 3.75. The molecular formula is C27H23N3O3S. The molecule has 0 spiro atoms. The minimum Gasteiger partial charge on any atom is -0.377 e. The molecule has 1 amide bonds. The van der Waals surface area contributed by atoms with Crippen LogP contribution < -0.4 is 15.2 Å². The van der Waals surface area contributed by atoms with Gasteiger partial charge in [0.25, 0.3) is 15.9 Å². The molecule has 0 unspecified atom stereocenters. The lowest BCUT2D eigenvalue weighted by atomic mass is 10.0. The number of nitrogens with one attached hydrogen (secondary N) is 2. The first-order valence-corrected chi connectivity index (χ1v) is 12.3. The van der Waals surface area contributed by atoms with E-state index in [1.807, 2.05) is 85.7 Å². The highest BCUT2D eigenvalue weighted by molar-refractivity contribution is 7.89. The molecule has 4 aromatic carbocycles. The van der Waals surface area contributed by atoms with Gasteiger partial charge < -0.3 is 4.90 Å². The average molecular weight is 470 g/mol. The van der Waals surface area contributed by atoms with Crippen molar-refractivity contribution in [1.29, 1.82) is 0 Å². The highest BCUT2D eigenvalue weighted by atomic mass is 32.2. The van der Waals surface area contributed by atoms with E-state index in [0.29, 0.717) is 5.39 Å². The topological polar surface area (TPSA) is 78.5 Å². The zero-order chi connectivity index (χ0) is 23.9. The molecule has 7 heteroatoms. The van der Waals surface area contributed by atoms with Gasteiger partial charge in [0.2, 0.25) is 0 Å². The van der Waals surface area contributed by atoms with Crippen molar-refractivity contribution in [3.05, 3.63) is 102 Å². The van der Waals surface area contributed by atoms with E-state index in [9.17, 15) is 13.2 Å². The van der Waals surface area contributed by atoms with Gasteiger partial charge in [0, 0.05) is 36.6 Å². The number of nitrogens with zero attached hydrogens (tertiary/aromatic N) is 1. The van der Waals surface area contributed by atoms with Crippen molar-refractivity contribution < 1.29 is 13.2 Å². The lowest BCUT2D eigenvalue weighted by molar-refractivity contribution is -0.116. The fraction of sp³-hybridized carbons (Fsp3) is 0.0741. The minimum atomic E-state index is -4.01. The first-order chi connectivity index (χ1) is 16.4. The van der Waals surface area contributed by atoms with E-state index in [-0.39, 0.29) is 4.90 Å². The molecule has 0 atom stereocenters. The van der Waals surface area contributed by atoms with E-state index in [0.717, 1.165) is 38.9 Å². The number of rotatable bonds is 5. The Balaban J connectivity index is 1.44. The molecular weight excluding hydrogens is 446 g/mol. The fourth-order valence-electron chi connectivity index (χ4n) is 4.43. The summed E-state index contributed by atoms with van der Waals surface area (Å²) in [7, 11) is -0.201. The quantitative estimate of drug-likeness (QED) is 0.297. The highest BCUT2D eigenvalue weighted by Crippen LogP contribution is 2.43. The molecule has 1 aliphatic carbocycles. The van der Waals surface area contributed by atoms with Gasteiger partial charge in [-0.3, -0.25) is 10.2 Å². The van der Waals surface area contributed by atoms with E-state index in [1.54, 1.807) is 12.1 Å². The van der Waals surface area contributed by atoms with E-state index in [2.05, 4.69) is 10.3 Å². The summed E-state index contributed by atoms with van der Waals surface area (Å²) in [5.41, 5.74) is 7.97. The van der Waals surface area contributed by atoms with Crippen LogP contribution >= 0.6 is 0 Å². The maximum Gasteiger partial charge on any atom is 0.259 e. The summed E-state index contributed by atoms with van der Waals surface area (Å²) in [6, 6.07) is 26.3. The van der Waals surface area contributed by atoms with E-state index in [1.165, 1.54) is 12.1 Å². The van der Waals surface area contributed by atoms with Gasteiger partial charge in [-0.15, -0.1) is 4.83 Å². The summed E-state index contributed by atoms with van der Waals surface area (Å²) in [6.45, 7) is 0. The van der Waals surface area contributed by atoms with Crippen LogP contribution in [0.15, 0.2) is 95.9 Å². The van der Waals surface area contributed by atoms with Crippen LogP contribution in [0.25, 0.3) is 27.5 Å². The average Bonchev–Trinajstić information content (AvgIpc) is 3.15. The molecule has 5 rings (SSSR count). The Morgan fingerprint density at radius 1 is 0.735 bits per heavy atom. The maximum atomic E-state index is 13.1. The molecule has 4 aromatic rings. The molecule has 0 saturated carbocycles. The largest absolute Gasteiger partial charge is 0.377 e. The van der Waals surface area contributed by atoms with Gasteiger partial charge in [-0.05, 0) is 40.0 Å². The van der Waals surface area contributed by atoms with Crippen LogP contribution in [0.3, 0.4) is 0 Å². The van der Waals surface area contributed by atoms with Crippen LogP contribution in [-0.4, -0.2) is 28.4 Å². The number of benzene rings is 4. The van der Waals surface area contributed by atoms with Crippen LogP contribution in [-0.2, 0) is 14.8 Å². The molecule has 1 aliphatic rings. The monoisotopic (exact) mass is 469 g/mol. The van der Waals surface area contributed by atoms with Crippen molar-refractivity contribution in [2.75, 3.05) is 19.0 Å². The smallest absolute Gasteiger partial charge is 0.259 e. The summed E-state index contributed by atoms with van der Waals surface area (Å²) < 4.78 is 26.2. The van der Waals surface area contributed by atoms with Gasteiger partial charge in [-0.1, -0.05) is 72.8 Å². The Kier molecular flexibility index (Phi) is 5.43. The Morgan fingerprint density at radius 3 is 1.91 bits per heavy atom. The molecule has 6 nitrogen and oxygen atoms in total. The predicted octanol–water partition coefficient (Wildman–Crippen LogP) is 4.33. The van der Waals surface area contributed by atoms with Gasteiger partial charge in [-0.2, -0.15) is 0 Å². The summed E-state index contributed by atoms with van der Waals surface area (Å²) in [5.74, 6) is -0.556. The SMILES string of the molecule is CN(C)c1cccc2c(S(=O)(=O)NNC(=O)C=C3c4ccccc4-c4ccccc43)cccc12. The molecule has 0 radical (unpaired) electrons. The minimum absolute atomic E-state index is 0.0956. The van der Waals surface area contributed by atoms with E-state index in [4.69, 9.17) is 0 Å². The molecule has 0 aliphatic heterocycles. The van der Waals surface area contributed by atoms with Crippen molar-refractivity contribution >= 4 is 38.0 Å². The van der Waals surface area contributed by atoms with Crippen molar-refractivity contribution in [3.8, 4) is 11.1 Å². The number of sulfonamides is 1. The van der Waals surface area contributed by atoms with Gasteiger partial charge in [-0.25, -0.2) is 8.42 Å². The third-order valence-electron chi connectivity index (χ3n) is 5.94. The van der Waals surface area contributed by atoms with Crippen molar-refractivity contribution in [2.45, 2.75) is 4.90 Å². The number of anilines is 1. The van der Waals surface area contributed by atoms with Crippen molar-refractivity contribution in [2.24, 2.45) is 0 Å². The Hall–Kier alpha value is -3.94. The standard InChI is InChI=1S/C27H23N3O3S/c1-30(2)25-15-7-14-23-22(25)13-8-16-26(23)34(32,33)29-28-27(31)17-24-20-11-5-3-9-18(20)19-10-4-6-12-21(19)24/h3-17,29H,1-2H3,(H,28,31). The van der Waals surface area contributed by atoms with Crippen molar-refractivity contribution in [1.82, 2.24) is 10.3 Å². The molecule has 2 N–H and O–H groups in total. The predicted molar refractivity (Wildman–Crippen MR) is 136 cm³/mol. The van der Waals surface area contributed by atoms with Crippen LogP contribution in [0.2, 0.25) is 0 Å². The van der Waals surface area contributed by atoms with E-state index >= 15 is 0 Å². The second-order valence-corrected chi connectivity index (χ2v) is 9.92.